The number of aryl methyl sites for hydroxylation is 1. The van der Waals surface area contributed by atoms with Crippen LogP contribution in [-0.4, -0.2) is 17.2 Å². The van der Waals surface area contributed by atoms with E-state index in [9.17, 15) is 4.79 Å². The molecule has 0 aliphatic heterocycles. The molecule has 1 aromatic carbocycles. The van der Waals surface area contributed by atoms with E-state index < -0.39 is 0 Å². The molecule has 1 aromatic heterocycles. The predicted molar refractivity (Wildman–Crippen MR) is 75.9 cm³/mol. The van der Waals surface area contributed by atoms with Crippen molar-refractivity contribution in [2.45, 2.75) is 19.4 Å². The lowest BCUT2D eigenvalue weighted by Gasteiger charge is -2.14. The Kier molecular flexibility index (Phi) is 3.67. The van der Waals surface area contributed by atoms with Crippen LogP contribution in [0.15, 0.2) is 35.1 Å². The van der Waals surface area contributed by atoms with Crippen molar-refractivity contribution in [2.75, 3.05) is 11.9 Å². The molecule has 0 spiro atoms. The van der Waals surface area contributed by atoms with Crippen molar-refractivity contribution in [3.8, 4) is 0 Å². The Morgan fingerprint density at radius 2 is 2.11 bits per heavy atom. The molecule has 0 bridgehead atoms. The maximum Gasteiger partial charge on any atom is 0.252 e. The normalized spacial score (nSPS) is 12.6. The van der Waals surface area contributed by atoms with E-state index in [1.165, 1.54) is 0 Å². The molecule has 0 radical (unpaired) electrons. The molecule has 1 atom stereocenters. The minimum absolute atomic E-state index is 0.0127. The van der Waals surface area contributed by atoms with Gasteiger partial charge in [-0.1, -0.05) is 25.1 Å². The van der Waals surface area contributed by atoms with E-state index >= 15 is 0 Å². The minimum Gasteiger partial charge on any atom is -0.383 e. The lowest BCUT2D eigenvalue weighted by atomic mass is 10.1. The third-order valence-electron chi connectivity index (χ3n) is 3.23. The molecule has 96 valence electrons. The molecule has 2 rings (SSSR count). The standard InChI is InChI=1S/C14H19N3O/c1-3-10(15)9-16-12-8-14(18)17(2)13-7-5-4-6-11(12)13/h4-8,10,16H,3,9,15H2,1-2H3. The topological polar surface area (TPSA) is 60.0 Å². The Morgan fingerprint density at radius 1 is 1.39 bits per heavy atom. The smallest absolute Gasteiger partial charge is 0.252 e. The molecule has 4 heteroatoms. The Hall–Kier alpha value is -1.81. The molecule has 0 aliphatic carbocycles. The van der Waals surface area contributed by atoms with Crippen LogP contribution in [0.3, 0.4) is 0 Å². The number of pyridine rings is 1. The molecular weight excluding hydrogens is 226 g/mol. The van der Waals surface area contributed by atoms with Crippen LogP contribution in [0, 0.1) is 0 Å². The summed E-state index contributed by atoms with van der Waals surface area (Å²) in [6.45, 7) is 2.72. The van der Waals surface area contributed by atoms with Gasteiger partial charge in [-0.2, -0.15) is 0 Å². The molecule has 2 aromatic rings. The molecule has 0 saturated heterocycles. The van der Waals surface area contributed by atoms with Crippen LogP contribution in [-0.2, 0) is 7.05 Å². The van der Waals surface area contributed by atoms with Gasteiger partial charge in [-0.05, 0) is 12.5 Å². The number of nitrogens with two attached hydrogens (primary N) is 1. The number of para-hydroxylation sites is 1. The van der Waals surface area contributed by atoms with E-state index in [4.69, 9.17) is 5.73 Å². The van der Waals surface area contributed by atoms with Crippen molar-refractivity contribution < 1.29 is 0 Å². The van der Waals surface area contributed by atoms with E-state index in [-0.39, 0.29) is 11.6 Å². The molecule has 1 unspecified atom stereocenters. The highest BCUT2D eigenvalue weighted by Crippen LogP contribution is 2.20. The summed E-state index contributed by atoms with van der Waals surface area (Å²) in [5.74, 6) is 0. The van der Waals surface area contributed by atoms with E-state index in [0.717, 1.165) is 23.0 Å². The first-order chi connectivity index (χ1) is 8.63. The Bertz CT molecular complexity index is 604. The van der Waals surface area contributed by atoms with Crippen molar-refractivity contribution >= 4 is 16.6 Å². The second-order valence-electron chi connectivity index (χ2n) is 4.52. The Labute approximate surface area is 106 Å². The fourth-order valence-corrected chi connectivity index (χ4v) is 1.94. The van der Waals surface area contributed by atoms with Gasteiger partial charge in [0, 0.05) is 36.8 Å². The molecule has 18 heavy (non-hydrogen) atoms. The van der Waals surface area contributed by atoms with Crippen molar-refractivity contribution in [1.29, 1.82) is 0 Å². The van der Waals surface area contributed by atoms with Crippen molar-refractivity contribution in [3.63, 3.8) is 0 Å². The molecule has 0 amide bonds. The number of benzene rings is 1. The number of nitrogens with one attached hydrogen (secondary N) is 1. The van der Waals surface area contributed by atoms with Crippen molar-refractivity contribution in [2.24, 2.45) is 12.8 Å². The molecular formula is C14H19N3O. The van der Waals surface area contributed by atoms with Gasteiger partial charge in [0.15, 0.2) is 0 Å². The summed E-state index contributed by atoms with van der Waals surface area (Å²) < 4.78 is 1.65. The van der Waals surface area contributed by atoms with Gasteiger partial charge < -0.3 is 15.6 Å². The fourth-order valence-electron chi connectivity index (χ4n) is 1.94. The van der Waals surface area contributed by atoms with Crippen molar-refractivity contribution in [1.82, 2.24) is 4.57 Å². The molecule has 0 aliphatic rings. The van der Waals surface area contributed by atoms with E-state index in [0.29, 0.717) is 6.54 Å². The van der Waals surface area contributed by atoms with Gasteiger partial charge in [0.05, 0.1) is 5.52 Å². The van der Waals surface area contributed by atoms with E-state index in [1.54, 1.807) is 17.7 Å². The van der Waals surface area contributed by atoms with Gasteiger partial charge in [-0.25, -0.2) is 0 Å². The van der Waals surface area contributed by atoms with Gasteiger partial charge in [0.2, 0.25) is 0 Å². The summed E-state index contributed by atoms with van der Waals surface area (Å²) in [7, 11) is 1.78. The third kappa shape index (κ3) is 2.38. The van der Waals surface area contributed by atoms with E-state index in [1.807, 2.05) is 24.3 Å². The molecule has 1 heterocycles. The zero-order chi connectivity index (χ0) is 13.1. The SMILES string of the molecule is CCC(N)CNc1cc(=O)n(C)c2ccccc12. The summed E-state index contributed by atoms with van der Waals surface area (Å²) >= 11 is 0. The summed E-state index contributed by atoms with van der Waals surface area (Å²) in [5.41, 5.74) is 7.66. The number of hydrogen-bond acceptors (Lipinski definition) is 3. The van der Waals surface area contributed by atoms with Gasteiger partial charge >= 0.3 is 0 Å². The summed E-state index contributed by atoms with van der Waals surface area (Å²) in [4.78, 5) is 11.9. The third-order valence-corrected chi connectivity index (χ3v) is 3.23. The second kappa shape index (κ2) is 5.23. The summed E-state index contributed by atoms with van der Waals surface area (Å²) in [6, 6.07) is 9.59. The number of hydrogen-bond donors (Lipinski definition) is 2. The lowest BCUT2D eigenvalue weighted by Crippen LogP contribution is -2.28. The van der Waals surface area contributed by atoms with Gasteiger partial charge in [0.25, 0.3) is 5.56 Å². The van der Waals surface area contributed by atoms with Crippen LogP contribution in [0.25, 0.3) is 10.9 Å². The first-order valence-corrected chi connectivity index (χ1v) is 6.21. The highest BCUT2D eigenvalue weighted by atomic mass is 16.1. The number of aromatic nitrogens is 1. The van der Waals surface area contributed by atoms with Gasteiger partial charge in [0.1, 0.15) is 0 Å². The van der Waals surface area contributed by atoms with Crippen LogP contribution in [0.2, 0.25) is 0 Å². The highest BCUT2D eigenvalue weighted by molar-refractivity contribution is 5.91. The fraction of sp³-hybridized carbons (Fsp3) is 0.357. The Balaban J connectivity index is 2.44. The van der Waals surface area contributed by atoms with Crippen LogP contribution in [0.4, 0.5) is 5.69 Å². The maximum atomic E-state index is 11.9. The highest BCUT2D eigenvalue weighted by Gasteiger charge is 2.06. The number of rotatable bonds is 4. The van der Waals surface area contributed by atoms with Gasteiger partial charge in [-0.3, -0.25) is 4.79 Å². The monoisotopic (exact) mass is 245 g/mol. The van der Waals surface area contributed by atoms with Crippen molar-refractivity contribution in [3.05, 3.63) is 40.7 Å². The molecule has 3 N–H and O–H groups in total. The van der Waals surface area contributed by atoms with Crippen LogP contribution in [0.5, 0.6) is 0 Å². The molecule has 0 fully saturated rings. The van der Waals surface area contributed by atoms with Gasteiger partial charge in [-0.15, -0.1) is 0 Å². The summed E-state index contributed by atoms with van der Waals surface area (Å²) in [5, 5.41) is 4.31. The first kappa shape index (κ1) is 12.6. The Morgan fingerprint density at radius 3 is 2.83 bits per heavy atom. The number of anilines is 1. The van der Waals surface area contributed by atoms with Crippen LogP contribution < -0.4 is 16.6 Å². The minimum atomic E-state index is -0.0127. The maximum absolute atomic E-state index is 11.9. The molecule has 4 nitrogen and oxygen atoms in total. The van der Waals surface area contributed by atoms with E-state index in [2.05, 4.69) is 12.2 Å². The van der Waals surface area contributed by atoms with Crippen LogP contribution >= 0.6 is 0 Å². The zero-order valence-corrected chi connectivity index (χ0v) is 10.8. The number of fused-ring (bicyclic) bond motifs is 1. The average molecular weight is 245 g/mol. The largest absolute Gasteiger partial charge is 0.383 e. The summed E-state index contributed by atoms with van der Waals surface area (Å²) in [6.07, 6.45) is 0.912. The van der Waals surface area contributed by atoms with Crippen LogP contribution in [0.1, 0.15) is 13.3 Å². The second-order valence-corrected chi connectivity index (χ2v) is 4.52. The predicted octanol–water partition coefficient (Wildman–Crippen LogP) is 1.69. The molecule has 0 saturated carbocycles. The average Bonchev–Trinajstić information content (AvgIpc) is 2.41. The first-order valence-electron chi connectivity index (χ1n) is 6.21. The number of nitrogens with zero attached hydrogens (tertiary/aromatic N) is 1. The zero-order valence-electron chi connectivity index (χ0n) is 10.8. The quantitative estimate of drug-likeness (QED) is 0.861. The lowest BCUT2D eigenvalue weighted by molar-refractivity contribution is 0.679.